The molecule has 1 aliphatic carbocycles. The van der Waals surface area contributed by atoms with Crippen LogP contribution in [0.3, 0.4) is 0 Å². The van der Waals surface area contributed by atoms with E-state index >= 15 is 0 Å². The first kappa shape index (κ1) is 12.9. The van der Waals surface area contributed by atoms with Crippen LogP contribution in [-0.2, 0) is 10.3 Å². The van der Waals surface area contributed by atoms with E-state index < -0.39 is 5.54 Å². The van der Waals surface area contributed by atoms with E-state index in [1.807, 2.05) is 42.7 Å². The minimum absolute atomic E-state index is 0.0157. The van der Waals surface area contributed by atoms with Crippen LogP contribution in [0, 0.1) is 0 Å². The predicted octanol–water partition coefficient (Wildman–Crippen LogP) is 1.78. The molecule has 2 aliphatic rings. The van der Waals surface area contributed by atoms with Gasteiger partial charge in [0, 0.05) is 0 Å². The van der Waals surface area contributed by atoms with Gasteiger partial charge in [0.1, 0.15) is 5.50 Å². The molecule has 5 heteroatoms. The van der Waals surface area contributed by atoms with E-state index in [9.17, 15) is 4.79 Å². The second-order valence-electron chi connectivity index (χ2n) is 5.20. The molecule has 1 aliphatic heterocycles. The van der Waals surface area contributed by atoms with E-state index in [4.69, 9.17) is 0 Å². The standard InChI is InChI=1S/C16H15N3OS/c1-21-15-17-14(20)16(19-18-15)12-8-4-2-6-10(12)11-7-3-5-9-13(11)16/h2-9,15,18-19H,1H3,(H,17,20)/t15-/m0/s1. The Labute approximate surface area is 127 Å². The van der Waals surface area contributed by atoms with Crippen molar-refractivity contribution in [2.45, 2.75) is 11.0 Å². The number of amides is 1. The molecular weight excluding hydrogens is 282 g/mol. The van der Waals surface area contributed by atoms with Crippen LogP contribution >= 0.6 is 11.8 Å². The maximum absolute atomic E-state index is 12.9. The van der Waals surface area contributed by atoms with Crippen molar-refractivity contribution in [1.82, 2.24) is 16.2 Å². The average molecular weight is 297 g/mol. The second-order valence-corrected chi connectivity index (χ2v) is 6.14. The summed E-state index contributed by atoms with van der Waals surface area (Å²) in [6, 6.07) is 16.1. The van der Waals surface area contributed by atoms with Gasteiger partial charge in [-0.25, -0.2) is 10.9 Å². The number of hydrogen-bond acceptors (Lipinski definition) is 4. The number of carbonyl (C=O) groups is 1. The van der Waals surface area contributed by atoms with Crippen LogP contribution in [0.5, 0.6) is 0 Å². The molecule has 1 atom stereocenters. The molecule has 1 saturated heterocycles. The first-order chi connectivity index (χ1) is 10.3. The highest BCUT2D eigenvalue weighted by Gasteiger charge is 2.51. The summed E-state index contributed by atoms with van der Waals surface area (Å²) in [6.45, 7) is 0. The normalized spacial score (nSPS) is 21.8. The van der Waals surface area contributed by atoms with Gasteiger partial charge in [0.05, 0.1) is 0 Å². The Kier molecular flexibility index (Phi) is 2.82. The number of hydrogen-bond donors (Lipinski definition) is 3. The fourth-order valence-electron chi connectivity index (χ4n) is 3.23. The zero-order chi connectivity index (χ0) is 14.4. The zero-order valence-corrected chi connectivity index (χ0v) is 12.3. The van der Waals surface area contributed by atoms with Crippen molar-refractivity contribution in [2.75, 3.05) is 6.26 Å². The first-order valence-corrected chi connectivity index (χ1v) is 8.12. The monoisotopic (exact) mass is 297 g/mol. The smallest absolute Gasteiger partial charge is 0.252 e. The molecule has 3 N–H and O–H groups in total. The summed E-state index contributed by atoms with van der Waals surface area (Å²) in [6.07, 6.45) is 1.95. The lowest BCUT2D eigenvalue weighted by Crippen LogP contribution is -2.69. The largest absolute Gasteiger partial charge is 0.329 e. The molecule has 106 valence electrons. The van der Waals surface area contributed by atoms with Gasteiger partial charge in [0.25, 0.3) is 5.91 Å². The summed E-state index contributed by atoms with van der Waals surface area (Å²) in [4.78, 5) is 12.9. The Morgan fingerprint density at radius 2 is 1.57 bits per heavy atom. The quantitative estimate of drug-likeness (QED) is 0.751. The van der Waals surface area contributed by atoms with Crippen LogP contribution in [0.2, 0.25) is 0 Å². The Morgan fingerprint density at radius 1 is 1.00 bits per heavy atom. The van der Waals surface area contributed by atoms with Gasteiger partial charge in [-0.1, -0.05) is 48.5 Å². The molecule has 4 rings (SSSR count). The molecule has 0 aromatic heterocycles. The van der Waals surface area contributed by atoms with Crippen LogP contribution < -0.4 is 16.2 Å². The Hall–Kier alpha value is -1.82. The van der Waals surface area contributed by atoms with Crippen LogP contribution in [0.4, 0.5) is 0 Å². The van der Waals surface area contributed by atoms with E-state index in [2.05, 4.69) is 28.3 Å². The molecule has 4 nitrogen and oxygen atoms in total. The number of rotatable bonds is 1. The van der Waals surface area contributed by atoms with E-state index in [1.165, 1.54) is 0 Å². The van der Waals surface area contributed by atoms with Crippen molar-refractivity contribution in [1.29, 1.82) is 0 Å². The Bertz CT molecular complexity index is 685. The molecule has 21 heavy (non-hydrogen) atoms. The van der Waals surface area contributed by atoms with Crippen LogP contribution in [0.25, 0.3) is 11.1 Å². The van der Waals surface area contributed by atoms with E-state index in [0.29, 0.717) is 0 Å². The second kappa shape index (κ2) is 4.59. The number of thioether (sulfide) groups is 1. The highest BCUT2D eigenvalue weighted by atomic mass is 32.2. The molecule has 2 aromatic carbocycles. The van der Waals surface area contributed by atoms with Crippen LogP contribution in [0.15, 0.2) is 48.5 Å². The molecule has 1 spiro atoms. The highest BCUT2D eigenvalue weighted by molar-refractivity contribution is 7.99. The van der Waals surface area contributed by atoms with Crippen molar-refractivity contribution in [3.05, 3.63) is 59.7 Å². The number of hydrazine groups is 1. The minimum Gasteiger partial charge on any atom is -0.329 e. The van der Waals surface area contributed by atoms with Gasteiger partial charge in [-0.3, -0.25) is 4.79 Å². The van der Waals surface area contributed by atoms with Crippen LogP contribution in [-0.4, -0.2) is 17.7 Å². The molecule has 1 heterocycles. The molecule has 0 bridgehead atoms. The molecule has 1 fully saturated rings. The summed E-state index contributed by atoms with van der Waals surface area (Å²) in [5.41, 5.74) is 9.71. The lowest BCUT2D eigenvalue weighted by Gasteiger charge is -2.39. The summed E-state index contributed by atoms with van der Waals surface area (Å²) in [7, 11) is 0. The van der Waals surface area contributed by atoms with Crippen molar-refractivity contribution in [3.8, 4) is 11.1 Å². The van der Waals surface area contributed by atoms with Crippen LogP contribution in [0.1, 0.15) is 11.1 Å². The van der Waals surface area contributed by atoms with Crippen molar-refractivity contribution in [3.63, 3.8) is 0 Å². The summed E-state index contributed by atoms with van der Waals surface area (Å²) < 4.78 is 0. The maximum Gasteiger partial charge on any atom is 0.252 e. The van der Waals surface area contributed by atoms with Gasteiger partial charge in [-0.2, -0.15) is 0 Å². The molecule has 0 unspecified atom stereocenters. The topological polar surface area (TPSA) is 53.2 Å². The number of fused-ring (bicyclic) bond motifs is 5. The average Bonchev–Trinajstić information content (AvgIpc) is 2.82. The van der Waals surface area contributed by atoms with Crippen molar-refractivity contribution in [2.24, 2.45) is 0 Å². The highest BCUT2D eigenvalue weighted by Crippen LogP contribution is 2.47. The van der Waals surface area contributed by atoms with Crippen molar-refractivity contribution >= 4 is 17.7 Å². The molecule has 0 saturated carbocycles. The Morgan fingerprint density at radius 3 is 2.10 bits per heavy atom. The van der Waals surface area contributed by atoms with Gasteiger partial charge in [0.2, 0.25) is 0 Å². The van der Waals surface area contributed by atoms with Gasteiger partial charge < -0.3 is 5.32 Å². The summed E-state index contributed by atoms with van der Waals surface area (Å²) >= 11 is 1.55. The van der Waals surface area contributed by atoms with E-state index in [0.717, 1.165) is 22.3 Å². The van der Waals surface area contributed by atoms with Gasteiger partial charge in [0.15, 0.2) is 5.54 Å². The molecule has 2 aromatic rings. The predicted molar refractivity (Wildman–Crippen MR) is 84.4 cm³/mol. The third kappa shape index (κ3) is 1.62. The molecule has 0 radical (unpaired) electrons. The summed E-state index contributed by atoms with van der Waals surface area (Å²) in [5, 5.41) is 3.03. The van der Waals surface area contributed by atoms with Crippen molar-refractivity contribution < 1.29 is 4.79 Å². The molecular formula is C16H15N3OS. The summed E-state index contributed by atoms with van der Waals surface area (Å²) in [5.74, 6) is -0.0157. The number of benzene rings is 2. The maximum atomic E-state index is 12.9. The Balaban J connectivity index is 1.95. The lowest BCUT2D eigenvalue weighted by molar-refractivity contribution is -0.129. The third-order valence-electron chi connectivity index (χ3n) is 4.18. The van der Waals surface area contributed by atoms with Gasteiger partial charge >= 0.3 is 0 Å². The SMILES string of the molecule is CS[C@@H]1NNC2(C(=O)N1)c1ccccc1-c1ccccc12. The van der Waals surface area contributed by atoms with E-state index in [-0.39, 0.29) is 11.4 Å². The van der Waals surface area contributed by atoms with Gasteiger partial charge in [-0.05, 0) is 28.5 Å². The fraction of sp³-hybridized carbons (Fsp3) is 0.188. The van der Waals surface area contributed by atoms with E-state index in [1.54, 1.807) is 11.8 Å². The third-order valence-corrected chi connectivity index (χ3v) is 4.89. The minimum atomic E-state index is -0.848. The lowest BCUT2D eigenvalue weighted by atomic mass is 9.86. The zero-order valence-electron chi connectivity index (χ0n) is 11.5. The number of nitrogens with one attached hydrogen (secondary N) is 3. The fourth-order valence-corrected chi connectivity index (χ4v) is 3.63. The first-order valence-electron chi connectivity index (χ1n) is 6.83. The number of carbonyl (C=O) groups excluding carboxylic acids is 1. The van der Waals surface area contributed by atoms with Gasteiger partial charge in [-0.15, -0.1) is 11.8 Å². The molecule has 1 amide bonds.